The van der Waals surface area contributed by atoms with E-state index in [-0.39, 0.29) is 25.1 Å². The molecule has 1 aromatic carbocycles. The molecule has 9 heteroatoms. The Kier molecular flexibility index (Phi) is 27.5. The zero-order chi connectivity index (χ0) is 40.8. The van der Waals surface area contributed by atoms with E-state index in [0.29, 0.717) is 30.9 Å². The molecule has 0 aliphatic heterocycles. The maximum Gasteiger partial charge on any atom is 0.306 e. The Bertz CT molecular complexity index is 1210. The Morgan fingerprint density at radius 2 is 1.27 bits per heavy atom. The average Bonchev–Trinajstić information content (AvgIpc) is 3.16. The molecule has 1 aliphatic rings. The molecule has 0 amide bonds. The van der Waals surface area contributed by atoms with Crippen LogP contribution in [0.15, 0.2) is 29.5 Å². The number of methoxy groups -OCH3 is 2. The van der Waals surface area contributed by atoms with Gasteiger partial charge in [0.25, 0.3) is 0 Å². The lowest BCUT2D eigenvalue weighted by Gasteiger charge is -2.37. The first-order valence-electron chi connectivity index (χ1n) is 22.6. The third kappa shape index (κ3) is 21.7. The molecular weight excluding hydrogens is 705 g/mol. The maximum atomic E-state index is 13.4. The Morgan fingerprint density at radius 3 is 1.77 bits per heavy atom. The zero-order valence-electron chi connectivity index (χ0n) is 36.7. The zero-order valence-corrected chi connectivity index (χ0v) is 36.7. The van der Waals surface area contributed by atoms with Crippen molar-refractivity contribution in [1.29, 1.82) is 0 Å². The van der Waals surface area contributed by atoms with E-state index in [1.165, 1.54) is 88.3 Å². The lowest BCUT2D eigenvalue weighted by atomic mass is 9.88. The van der Waals surface area contributed by atoms with Crippen molar-refractivity contribution >= 4 is 11.9 Å². The van der Waals surface area contributed by atoms with Crippen molar-refractivity contribution in [3.8, 4) is 11.5 Å². The molecule has 2 unspecified atom stereocenters. The minimum absolute atomic E-state index is 0.210. The summed E-state index contributed by atoms with van der Waals surface area (Å²) >= 11 is 0. The van der Waals surface area contributed by atoms with E-state index in [4.69, 9.17) is 18.9 Å². The number of unbranched alkanes of at least 4 members (excludes halogenated alkanes) is 16. The van der Waals surface area contributed by atoms with Gasteiger partial charge in [-0.05, 0) is 77.7 Å². The van der Waals surface area contributed by atoms with E-state index >= 15 is 0 Å². The fourth-order valence-corrected chi connectivity index (χ4v) is 7.42. The van der Waals surface area contributed by atoms with E-state index in [9.17, 15) is 14.7 Å². The number of hydrogen-bond donors (Lipinski definition) is 1. The molecule has 0 spiro atoms. The number of ether oxygens (including phenoxy) is 4. The maximum absolute atomic E-state index is 13.4. The van der Waals surface area contributed by atoms with Crippen LogP contribution < -0.4 is 9.47 Å². The molecule has 1 fully saturated rings. The molecule has 0 radical (unpaired) electrons. The van der Waals surface area contributed by atoms with Crippen molar-refractivity contribution < 1.29 is 33.6 Å². The normalized spacial score (nSPS) is 13.6. The summed E-state index contributed by atoms with van der Waals surface area (Å²) in [6, 6.07) is 5.84. The number of hydrogen-bond acceptors (Lipinski definition) is 9. The first-order chi connectivity index (χ1) is 27.2. The number of allylic oxidation sites excluding steroid dienone is 2. The largest absolute Gasteiger partial charge is 0.497 e. The summed E-state index contributed by atoms with van der Waals surface area (Å²) in [4.78, 5) is 30.7. The van der Waals surface area contributed by atoms with Gasteiger partial charge in [-0.25, -0.2) is 0 Å². The van der Waals surface area contributed by atoms with Crippen LogP contribution in [0.25, 0.3) is 0 Å². The molecule has 1 aromatic rings. The molecule has 56 heavy (non-hydrogen) atoms. The number of aliphatic hydroxyl groups excluding tert-OH is 1. The molecular formula is C47H82N2O7. The fraction of sp³-hybridized carbons (Fsp3) is 0.787. The van der Waals surface area contributed by atoms with Gasteiger partial charge in [-0.2, -0.15) is 0 Å². The van der Waals surface area contributed by atoms with Gasteiger partial charge >= 0.3 is 11.9 Å². The minimum atomic E-state index is -1.16. The highest BCUT2D eigenvalue weighted by Crippen LogP contribution is 2.35. The lowest BCUT2D eigenvalue weighted by molar-refractivity contribution is -0.162. The van der Waals surface area contributed by atoms with Crippen molar-refractivity contribution in [2.75, 3.05) is 48.0 Å². The number of benzene rings is 1. The Labute approximate surface area is 342 Å². The van der Waals surface area contributed by atoms with Gasteiger partial charge in [0.2, 0.25) is 0 Å². The highest BCUT2D eigenvalue weighted by Gasteiger charge is 2.30. The van der Waals surface area contributed by atoms with Gasteiger partial charge in [0, 0.05) is 36.7 Å². The van der Waals surface area contributed by atoms with Crippen LogP contribution in [0.1, 0.15) is 180 Å². The summed E-state index contributed by atoms with van der Waals surface area (Å²) in [7, 11) is 7.48. The van der Waals surface area contributed by atoms with Crippen LogP contribution in [0.4, 0.5) is 0 Å². The van der Waals surface area contributed by atoms with Gasteiger partial charge in [-0.1, -0.05) is 122 Å². The summed E-state index contributed by atoms with van der Waals surface area (Å²) in [5.41, 5.74) is 3.63. The molecule has 0 saturated heterocycles. The quantitative estimate of drug-likeness (QED) is 0.0533. The van der Waals surface area contributed by atoms with Gasteiger partial charge in [-0.15, -0.1) is 0 Å². The molecule has 1 saturated carbocycles. The molecule has 2 rings (SSSR count). The molecule has 1 aliphatic carbocycles. The van der Waals surface area contributed by atoms with E-state index in [1.54, 1.807) is 14.2 Å². The van der Waals surface area contributed by atoms with E-state index in [0.717, 1.165) is 82.7 Å². The smallest absolute Gasteiger partial charge is 0.306 e. The van der Waals surface area contributed by atoms with Crippen LogP contribution >= 0.6 is 0 Å². The summed E-state index contributed by atoms with van der Waals surface area (Å²) in [5.74, 6) is 0.798. The standard InChI is InChI=1S/C47H82N2O7/c1-7-9-11-13-15-17-19-21-23-30-46(51)55-38-43(50)45(56-47(52)31-24-22-20-18-16-14-12-10-8-2)37-49(36-40-32-33-41(53-5)35-44(40)54-6)42(39-27-25-28-39)29-26-34-48(3)4/h32-33,35,43,45,50H,7-31,34,36-38H2,1-6H3. The van der Waals surface area contributed by atoms with Crippen molar-refractivity contribution in [1.82, 2.24) is 9.80 Å². The second-order valence-corrected chi connectivity index (χ2v) is 16.3. The van der Waals surface area contributed by atoms with E-state index in [2.05, 4.69) is 37.7 Å². The third-order valence-corrected chi connectivity index (χ3v) is 11.1. The summed E-state index contributed by atoms with van der Waals surface area (Å²) < 4.78 is 23.1. The number of nitrogens with zero attached hydrogens (tertiary/aromatic N) is 2. The van der Waals surface area contributed by atoms with Crippen LogP contribution in [0, 0.1) is 0 Å². The molecule has 9 nitrogen and oxygen atoms in total. The Balaban J connectivity index is 2.18. The highest BCUT2D eigenvalue weighted by molar-refractivity contribution is 5.70. The van der Waals surface area contributed by atoms with Gasteiger partial charge in [0.05, 0.1) is 20.8 Å². The first kappa shape index (κ1) is 49.4. The van der Waals surface area contributed by atoms with Gasteiger partial charge in [-0.3, -0.25) is 9.59 Å². The highest BCUT2D eigenvalue weighted by atomic mass is 16.6. The summed E-state index contributed by atoms with van der Waals surface area (Å²) in [6.07, 6.45) is 24.6. The topological polar surface area (TPSA) is 97.8 Å². The molecule has 0 aromatic heterocycles. The summed E-state index contributed by atoms with van der Waals surface area (Å²) in [6.45, 7) is 5.99. The predicted octanol–water partition coefficient (Wildman–Crippen LogP) is 10.9. The molecule has 1 N–H and O–H groups in total. The number of rotatable bonds is 35. The average molecular weight is 787 g/mol. The number of carbonyl (C=O) groups excluding carboxylic acids is 2. The van der Waals surface area contributed by atoms with E-state index in [1.807, 2.05) is 18.2 Å². The van der Waals surface area contributed by atoms with Crippen LogP contribution in [-0.4, -0.2) is 87.1 Å². The van der Waals surface area contributed by atoms with Crippen LogP contribution in [0.2, 0.25) is 0 Å². The van der Waals surface area contributed by atoms with Crippen molar-refractivity contribution in [2.24, 2.45) is 0 Å². The van der Waals surface area contributed by atoms with Crippen LogP contribution in [-0.2, 0) is 25.6 Å². The monoisotopic (exact) mass is 787 g/mol. The minimum Gasteiger partial charge on any atom is -0.497 e. The van der Waals surface area contributed by atoms with Crippen molar-refractivity contribution in [3.63, 3.8) is 0 Å². The first-order valence-corrected chi connectivity index (χ1v) is 22.6. The SMILES string of the molecule is CCCCCCCCCCCC(=O)OCC(O)C(CN(Cc1ccc(OC)cc1OC)C(CCCN(C)C)=C1CCC1)OC(=O)CCCCCCCCCCC. The number of carbonyl (C=O) groups is 2. The van der Waals surface area contributed by atoms with Crippen LogP contribution in [0.3, 0.4) is 0 Å². The molecule has 0 heterocycles. The predicted molar refractivity (Wildman–Crippen MR) is 229 cm³/mol. The second kappa shape index (κ2) is 31.2. The Hall–Kier alpha value is -2.78. The third-order valence-electron chi connectivity index (χ3n) is 11.1. The van der Waals surface area contributed by atoms with Crippen LogP contribution in [0.5, 0.6) is 11.5 Å². The van der Waals surface area contributed by atoms with Gasteiger partial charge in [0.15, 0.2) is 0 Å². The molecule has 0 bridgehead atoms. The second-order valence-electron chi connectivity index (χ2n) is 16.3. The van der Waals surface area contributed by atoms with Gasteiger partial charge in [0.1, 0.15) is 30.3 Å². The molecule has 322 valence electrons. The van der Waals surface area contributed by atoms with Gasteiger partial charge < -0.3 is 33.9 Å². The van der Waals surface area contributed by atoms with Crippen molar-refractivity contribution in [3.05, 3.63) is 35.0 Å². The Morgan fingerprint density at radius 1 is 0.714 bits per heavy atom. The van der Waals surface area contributed by atoms with E-state index < -0.39 is 12.2 Å². The lowest BCUT2D eigenvalue weighted by Crippen LogP contribution is -2.44. The number of aliphatic hydroxyl groups is 1. The summed E-state index contributed by atoms with van der Waals surface area (Å²) in [5, 5.41) is 11.6. The molecule has 2 atom stereocenters. The van der Waals surface area contributed by atoms with Crippen molar-refractivity contribution in [2.45, 2.75) is 193 Å². The fourth-order valence-electron chi connectivity index (χ4n) is 7.42. The number of esters is 2.